The zero-order valence-electron chi connectivity index (χ0n) is 17.4. The highest BCUT2D eigenvalue weighted by Crippen LogP contribution is 2.53. The third-order valence-electron chi connectivity index (χ3n) is 6.71. The molecule has 0 aromatic heterocycles. The summed E-state index contributed by atoms with van der Waals surface area (Å²) in [7, 11) is 0. The van der Waals surface area contributed by atoms with Crippen LogP contribution in [0.4, 0.5) is 0 Å². The van der Waals surface area contributed by atoms with Gasteiger partial charge in [-0.25, -0.2) is 4.79 Å². The fourth-order valence-corrected chi connectivity index (χ4v) is 4.62. The van der Waals surface area contributed by atoms with Gasteiger partial charge in [0.2, 0.25) is 0 Å². The number of nitrogens with zero attached hydrogens (tertiary/aromatic N) is 2. The summed E-state index contributed by atoms with van der Waals surface area (Å²) >= 11 is 6.42. The molecule has 8 heteroatoms. The lowest BCUT2D eigenvalue weighted by Gasteiger charge is -2.55. The minimum Gasteiger partial charge on any atom is -0.481 e. The molecule has 1 aliphatic heterocycles. The summed E-state index contributed by atoms with van der Waals surface area (Å²) in [5.41, 5.74) is -1.51. The van der Waals surface area contributed by atoms with Crippen LogP contribution < -0.4 is 5.32 Å². The molecule has 4 unspecified atom stereocenters. The van der Waals surface area contributed by atoms with Gasteiger partial charge in [0.05, 0.1) is 39.6 Å². The maximum Gasteiger partial charge on any atom is 0.333 e. The number of carboxylic acids is 2. The van der Waals surface area contributed by atoms with Gasteiger partial charge in [-0.2, -0.15) is 10.5 Å². The van der Waals surface area contributed by atoms with Gasteiger partial charge in [-0.3, -0.25) is 4.79 Å². The highest BCUT2D eigenvalue weighted by molar-refractivity contribution is 6.32. The molecular weight excluding hydrogens is 406 g/mol. The van der Waals surface area contributed by atoms with Crippen molar-refractivity contribution >= 4 is 23.5 Å². The van der Waals surface area contributed by atoms with Crippen LogP contribution in [0.5, 0.6) is 0 Å². The average Bonchev–Trinajstić information content (AvgIpc) is 2.65. The van der Waals surface area contributed by atoms with Crippen LogP contribution in [0.25, 0.3) is 0 Å². The van der Waals surface area contributed by atoms with E-state index < -0.39 is 40.6 Å². The van der Waals surface area contributed by atoms with Crippen molar-refractivity contribution < 1.29 is 19.8 Å². The lowest BCUT2D eigenvalue weighted by molar-refractivity contribution is -0.149. The molecule has 3 N–H and O–H groups in total. The number of rotatable bonds is 5. The van der Waals surface area contributed by atoms with E-state index in [2.05, 4.69) is 11.4 Å². The number of allylic oxidation sites excluding steroid dienone is 1. The summed E-state index contributed by atoms with van der Waals surface area (Å²) in [5, 5.41) is 42.3. The van der Waals surface area contributed by atoms with Gasteiger partial charge in [-0.05, 0) is 32.4 Å². The number of carbonyl (C=O) groups is 2. The van der Waals surface area contributed by atoms with E-state index in [1.54, 1.807) is 46.8 Å². The van der Waals surface area contributed by atoms with E-state index >= 15 is 0 Å². The quantitative estimate of drug-likeness (QED) is 0.645. The molecule has 0 aliphatic carbocycles. The normalized spacial score (nSPS) is 24.9. The Morgan fingerprint density at radius 1 is 1.30 bits per heavy atom. The fraction of sp³-hybridized carbons (Fsp3) is 0.455. The smallest absolute Gasteiger partial charge is 0.333 e. The number of carboxylic acid groups (broad SMARTS) is 2. The van der Waals surface area contributed by atoms with Gasteiger partial charge >= 0.3 is 11.9 Å². The van der Waals surface area contributed by atoms with Crippen molar-refractivity contribution in [3.63, 3.8) is 0 Å². The Labute approximate surface area is 180 Å². The second kappa shape index (κ2) is 8.01. The Balaban J connectivity index is 2.94. The first kappa shape index (κ1) is 23.3. The molecule has 2 rings (SSSR count). The van der Waals surface area contributed by atoms with E-state index in [4.69, 9.17) is 11.6 Å². The van der Waals surface area contributed by atoms with E-state index in [1.807, 2.05) is 6.07 Å². The van der Waals surface area contributed by atoms with Gasteiger partial charge in [-0.15, -0.1) is 0 Å². The first-order chi connectivity index (χ1) is 13.8. The van der Waals surface area contributed by atoms with Crippen LogP contribution in [0.1, 0.15) is 51.7 Å². The molecule has 1 aromatic rings. The standard InChI is InChI=1S/C22H24ClN3O4/c1-11(9-24)21(3,4)22(5)17(20(29)30)16(15(19(27)28)12(2)26-22)14-8-6-7-13(10-25)18(14)23/h6-8,11,16-17,26H,1-5H3,(H,27,28)(H,29,30). The predicted octanol–water partition coefficient (Wildman–Crippen LogP) is 3.90. The van der Waals surface area contributed by atoms with Crippen molar-refractivity contribution in [1.82, 2.24) is 5.32 Å². The minimum absolute atomic E-state index is 0.0261. The number of halogens is 1. The van der Waals surface area contributed by atoms with E-state index in [-0.39, 0.29) is 21.7 Å². The van der Waals surface area contributed by atoms with E-state index in [0.717, 1.165) is 0 Å². The second-order valence-electron chi connectivity index (χ2n) is 8.36. The van der Waals surface area contributed by atoms with Gasteiger partial charge in [0.25, 0.3) is 0 Å². The first-order valence-corrected chi connectivity index (χ1v) is 9.76. The molecule has 1 aliphatic rings. The van der Waals surface area contributed by atoms with Crippen LogP contribution in [0.2, 0.25) is 5.02 Å². The van der Waals surface area contributed by atoms with Crippen molar-refractivity contribution in [1.29, 1.82) is 10.5 Å². The van der Waals surface area contributed by atoms with Crippen LogP contribution in [-0.2, 0) is 9.59 Å². The zero-order chi connectivity index (χ0) is 23.0. The zero-order valence-corrected chi connectivity index (χ0v) is 18.2. The van der Waals surface area contributed by atoms with E-state index in [0.29, 0.717) is 5.70 Å². The molecule has 0 saturated heterocycles. The highest BCUT2D eigenvalue weighted by atomic mass is 35.5. The molecule has 158 valence electrons. The van der Waals surface area contributed by atoms with Crippen LogP contribution in [0.3, 0.4) is 0 Å². The number of nitrogens with one attached hydrogen (secondary N) is 1. The van der Waals surface area contributed by atoms with Gasteiger partial charge in [0, 0.05) is 17.0 Å². The van der Waals surface area contributed by atoms with Gasteiger partial charge in [0.15, 0.2) is 0 Å². The lowest BCUT2D eigenvalue weighted by Crippen LogP contribution is -2.66. The Morgan fingerprint density at radius 3 is 2.37 bits per heavy atom. The van der Waals surface area contributed by atoms with Crippen molar-refractivity contribution in [2.45, 2.75) is 46.1 Å². The Hall–Kier alpha value is -3.03. The van der Waals surface area contributed by atoms with Gasteiger partial charge in [-0.1, -0.05) is 37.6 Å². The van der Waals surface area contributed by atoms with Crippen molar-refractivity contribution in [3.8, 4) is 12.1 Å². The van der Waals surface area contributed by atoms with Crippen molar-refractivity contribution in [3.05, 3.63) is 45.6 Å². The monoisotopic (exact) mass is 429 g/mol. The molecule has 0 fully saturated rings. The Kier molecular flexibility index (Phi) is 6.21. The molecule has 0 spiro atoms. The second-order valence-corrected chi connectivity index (χ2v) is 8.74. The largest absolute Gasteiger partial charge is 0.481 e. The molecule has 1 aromatic carbocycles. The molecule has 0 saturated carbocycles. The topological polar surface area (TPSA) is 134 Å². The Morgan fingerprint density at radius 2 is 1.90 bits per heavy atom. The third kappa shape index (κ3) is 3.40. The Bertz CT molecular complexity index is 1020. The van der Waals surface area contributed by atoms with Crippen LogP contribution in [0.15, 0.2) is 29.5 Å². The van der Waals surface area contributed by atoms with Crippen molar-refractivity contribution in [2.24, 2.45) is 17.3 Å². The summed E-state index contributed by atoms with van der Waals surface area (Å²) in [5.74, 6) is -5.44. The van der Waals surface area contributed by atoms with Crippen molar-refractivity contribution in [2.75, 3.05) is 0 Å². The van der Waals surface area contributed by atoms with Crippen LogP contribution in [0, 0.1) is 39.9 Å². The van der Waals surface area contributed by atoms with Gasteiger partial charge < -0.3 is 15.5 Å². The molecular formula is C22H24ClN3O4. The molecule has 1 heterocycles. The average molecular weight is 430 g/mol. The maximum atomic E-state index is 12.6. The van der Waals surface area contributed by atoms with Gasteiger partial charge in [0.1, 0.15) is 6.07 Å². The number of nitriles is 2. The molecule has 4 atom stereocenters. The van der Waals surface area contributed by atoms with E-state index in [9.17, 15) is 30.3 Å². The SMILES string of the molecule is CC1=C(C(=O)O)C(c2cccc(C#N)c2Cl)C(C(=O)O)C(C)(C(C)(C)C(C)C#N)N1. The fourth-order valence-electron chi connectivity index (χ4n) is 4.34. The molecule has 0 radical (unpaired) electrons. The third-order valence-corrected chi connectivity index (χ3v) is 7.13. The minimum atomic E-state index is -1.28. The number of benzene rings is 1. The van der Waals surface area contributed by atoms with Crippen LogP contribution in [-0.4, -0.2) is 27.7 Å². The molecule has 7 nitrogen and oxygen atoms in total. The highest BCUT2D eigenvalue weighted by Gasteiger charge is 2.59. The summed E-state index contributed by atoms with van der Waals surface area (Å²) in [6.45, 7) is 8.54. The summed E-state index contributed by atoms with van der Waals surface area (Å²) < 4.78 is 0. The number of hydrogen-bond acceptors (Lipinski definition) is 5. The lowest BCUT2D eigenvalue weighted by atomic mass is 9.55. The number of aliphatic carboxylic acids is 2. The first-order valence-electron chi connectivity index (χ1n) is 9.38. The molecule has 30 heavy (non-hydrogen) atoms. The summed E-state index contributed by atoms with van der Waals surface area (Å²) in [6, 6.07) is 8.72. The molecule has 0 amide bonds. The van der Waals surface area contributed by atoms with E-state index in [1.165, 1.54) is 6.07 Å². The predicted molar refractivity (Wildman–Crippen MR) is 110 cm³/mol. The van der Waals surface area contributed by atoms with Crippen LogP contribution >= 0.6 is 11.6 Å². The summed E-state index contributed by atoms with van der Waals surface area (Å²) in [6.07, 6.45) is 0. The molecule has 0 bridgehead atoms. The summed E-state index contributed by atoms with van der Waals surface area (Å²) in [4.78, 5) is 24.8. The number of hydrogen-bond donors (Lipinski definition) is 3. The maximum absolute atomic E-state index is 12.6.